The van der Waals surface area contributed by atoms with Gasteiger partial charge in [-0.1, -0.05) is 6.92 Å². The summed E-state index contributed by atoms with van der Waals surface area (Å²) in [4.78, 5) is 12.9. The minimum absolute atomic E-state index is 0.0460. The number of nitrogens with zero attached hydrogens (tertiary/aromatic N) is 4. The summed E-state index contributed by atoms with van der Waals surface area (Å²) in [6.45, 7) is 4.96. The van der Waals surface area contributed by atoms with E-state index in [1.54, 1.807) is 6.20 Å². The number of carbonyl (C=O) groups excluding carboxylic acids is 1. The van der Waals surface area contributed by atoms with Crippen molar-refractivity contribution in [1.82, 2.24) is 24.9 Å². The molecule has 0 saturated carbocycles. The van der Waals surface area contributed by atoms with E-state index in [4.69, 9.17) is 0 Å². The van der Waals surface area contributed by atoms with Gasteiger partial charge in [-0.15, -0.1) is 11.3 Å². The monoisotopic (exact) mass is 385 g/mol. The molecule has 1 N–H and O–H groups in total. The predicted molar refractivity (Wildman–Crippen MR) is 92.1 cm³/mol. The molecule has 140 valence electrons. The average molecular weight is 385 g/mol. The van der Waals surface area contributed by atoms with Gasteiger partial charge in [0.15, 0.2) is 5.69 Å². The third-order valence-corrected chi connectivity index (χ3v) is 5.23. The van der Waals surface area contributed by atoms with E-state index in [0.29, 0.717) is 17.9 Å². The molecule has 0 bridgehead atoms. The van der Waals surface area contributed by atoms with Gasteiger partial charge in [0, 0.05) is 37.4 Å². The van der Waals surface area contributed by atoms with Crippen LogP contribution in [0.1, 0.15) is 28.0 Å². The van der Waals surface area contributed by atoms with Gasteiger partial charge in [0.1, 0.15) is 4.83 Å². The molecule has 3 rings (SSSR count). The Morgan fingerprint density at radius 1 is 1.42 bits per heavy atom. The van der Waals surface area contributed by atoms with Gasteiger partial charge in [-0.25, -0.2) is 0 Å². The van der Waals surface area contributed by atoms with Gasteiger partial charge in [0.25, 0.3) is 5.91 Å². The lowest BCUT2D eigenvalue weighted by molar-refractivity contribution is -0.140. The van der Waals surface area contributed by atoms with E-state index in [0.717, 1.165) is 21.7 Å². The van der Waals surface area contributed by atoms with Gasteiger partial charge in [0.2, 0.25) is 0 Å². The highest BCUT2D eigenvalue weighted by Crippen LogP contribution is 2.37. The molecule has 1 atom stereocenters. The molecule has 10 heteroatoms. The molecule has 0 spiro atoms. The summed E-state index contributed by atoms with van der Waals surface area (Å²) < 4.78 is 42.1. The SMILES string of the molecule is Cc1ccnn1C[C@@H](C)CNC(=O)c1cc2c(C(F)(F)F)nn(C)c2s1. The number of halogens is 3. The summed E-state index contributed by atoms with van der Waals surface area (Å²) in [5, 5.41) is 10.4. The van der Waals surface area contributed by atoms with Crippen LogP contribution >= 0.6 is 11.3 Å². The first-order valence-electron chi connectivity index (χ1n) is 7.97. The molecule has 0 aliphatic carbocycles. The number of alkyl halides is 3. The maximum Gasteiger partial charge on any atom is 0.435 e. The number of aromatic nitrogens is 4. The number of hydrogen-bond donors (Lipinski definition) is 1. The molecule has 0 fully saturated rings. The first-order chi connectivity index (χ1) is 12.2. The lowest BCUT2D eigenvalue weighted by Crippen LogP contribution is -2.29. The number of amides is 1. The molecule has 26 heavy (non-hydrogen) atoms. The van der Waals surface area contributed by atoms with Crippen LogP contribution in [0.15, 0.2) is 18.3 Å². The van der Waals surface area contributed by atoms with Crippen LogP contribution in [-0.4, -0.2) is 32.0 Å². The molecule has 0 aliphatic rings. The summed E-state index contributed by atoms with van der Waals surface area (Å²) in [5.74, 6) is -0.261. The molecule has 1 amide bonds. The number of rotatable bonds is 5. The van der Waals surface area contributed by atoms with E-state index in [9.17, 15) is 18.0 Å². The molecule has 3 heterocycles. The molecule has 0 aromatic carbocycles. The normalized spacial score (nSPS) is 13.3. The highest BCUT2D eigenvalue weighted by molar-refractivity contribution is 7.20. The van der Waals surface area contributed by atoms with Crippen LogP contribution in [0.3, 0.4) is 0 Å². The van der Waals surface area contributed by atoms with Crippen molar-refractivity contribution in [1.29, 1.82) is 0 Å². The van der Waals surface area contributed by atoms with E-state index >= 15 is 0 Å². The summed E-state index contributed by atoms with van der Waals surface area (Å²) >= 11 is 0.999. The molecule has 6 nitrogen and oxygen atoms in total. The first-order valence-corrected chi connectivity index (χ1v) is 8.79. The van der Waals surface area contributed by atoms with Crippen molar-refractivity contribution in [2.24, 2.45) is 13.0 Å². The van der Waals surface area contributed by atoms with Crippen LogP contribution in [0.25, 0.3) is 10.2 Å². The summed E-state index contributed by atoms with van der Waals surface area (Å²) in [6, 6.07) is 3.16. The quantitative estimate of drug-likeness (QED) is 0.733. The molecule has 0 unspecified atom stereocenters. The van der Waals surface area contributed by atoms with E-state index in [1.165, 1.54) is 13.1 Å². The number of carbonyl (C=O) groups is 1. The fourth-order valence-corrected chi connectivity index (χ4v) is 3.65. The third-order valence-electron chi connectivity index (χ3n) is 4.03. The number of aryl methyl sites for hydroxylation is 2. The van der Waals surface area contributed by atoms with Gasteiger partial charge in [0.05, 0.1) is 4.88 Å². The number of nitrogens with one attached hydrogen (secondary N) is 1. The molecular weight excluding hydrogens is 367 g/mol. The Labute approximate surface area is 151 Å². The topological polar surface area (TPSA) is 64.7 Å². The second kappa shape index (κ2) is 6.75. The second-order valence-corrected chi connectivity index (χ2v) is 7.30. The van der Waals surface area contributed by atoms with Crippen molar-refractivity contribution >= 4 is 27.5 Å². The summed E-state index contributed by atoms with van der Waals surface area (Å²) in [6.07, 6.45) is -2.84. The van der Waals surface area contributed by atoms with Crippen molar-refractivity contribution in [3.63, 3.8) is 0 Å². The highest BCUT2D eigenvalue weighted by Gasteiger charge is 2.37. The van der Waals surface area contributed by atoms with E-state index < -0.39 is 11.9 Å². The number of hydrogen-bond acceptors (Lipinski definition) is 4. The molecule has 0 radical (unpaired) electrons. The maximum atomic E-state index is 13.0. The fraction of sp³-hybridized carbons (Fsp3) is 0.438. The van der Waals surface area contributed by atoms with Crippen molar-refractivity contribution in [2.75, 3.05) is 6.54 Å². The van der Waals surface area contributed by atoms with Crippen molar-refractivity contribution in [3.05, 3.63) is 34.6 Å². The first kappa shape index (κ1) is 18.4. The predicted octanol–water partition coefficient (Wildman–Crippen LogP) is 3.22. The lowest BCUT2D eigenvalue weighted by Gasteiger charge is -2.13. The van der Waals surface area contributed by atoms with E-state index in [1.807, 2.05) is 24.6 Å². The Morgan fingerprint density at radius 2 is 2.15 bits per heavy atom. The van der Waals surface area contributed by atoms with Crippen LogP contribution in [-0.2, 0) is 19.8 Å². The highest BCUT2D eigenvalue weighted by atomic mass is 32.1. The van der Waals surface area contributed by atoms with Crippen LogP contribution in [0.2, 0.25) is 0 Å². The van der Waals surface area contributed by atoms with Crippen LogP contribution in [0.4, 0.5) is 13.2 Å². The van der Waals surface area contributed by atoms with Crippen molar-refractivity contribution < 1.29 is 18.0 Å². The zero-order chi connectivity index (χ0) is 19.1. The molecule has 0 saturated heterocycles. The average Bonchev–Trinajstić information content (AvgIpc) is 3.22. The maximum absolute atomic E-state index is 13.0. The standard InChI is InChI=1S/C16H18F3N5OS/c1-9(8-24-10(2)4-5-21-24)7-20-14(25)12-6-11-13(16(17,18)19)22-23(3)15(11)26-12/h4-6,9H,7-8H2,1-3H3,(H,20,25)/t9-/m0/s1. The van der Waals surface area contributed by atoms with Gasteiger partial charge in [-0.05, 0) is 25.0 Å². The van der Waals surface area contributed by atoms with Gasteiger partial charge in [-0.3, -0.25) is 14.2 Å². The molecular formula is C16H18F3N5OS. The second-order valence-electron chi connectivity index (χ2n) is 6.27. The zero-order valence-corrected chi connectivity index (χ0v) is 15.3. The fourth-order valence-electron chi connectivity index (χ4n) is 2.67. The largest absolute Gasteiger partial charge is 0.435 e. The smallest absolute Gasteiger partial charge is 0.351 e. The zero-order valence-electron chi connectivity index (χ0n) is 14.5. The van der Waals surface area contributed by atoms with Crippen LogP contribution in [0.5, 0.6) is 0 Å². The van der Waals surface area contributed by atoms with Gasteiger partial charge in [-0.2, -0.15) is 23.4 Å². The van der Waals surface area contributed by atoms with Gasteiger partial charge >= 0.3 is 6.18 Å². The Bertz CT molecular complexity index is 940. The molecule has 3 aromatic heterocycles. The molecule has 0 aliphatic heterocycles. The van der Waals surface area contributed by atoms with E-state index in [-0.39, 0.29) is 22.1 Å². The third kappa shape index (κ3) is 3.59. The number of thiophene rings is 1. The Kier molecular flexibility index (Phi) is 4.78. The van der Waals surface area contributed by atoms with Crippen LogP contribution in [0, 0.1) is 12.8 Å². The Balaban J connectivity index is 1.69. The molecule has 3 aromatic rings. The van der Waals surface area contributed by atoms with Crippen molar-refractivity contribution in [3.8, 4) is 0 Å². The lowest BCUT2D eigenvalue weighted by atomic mass is 10.2. The Morgan fingerprint density at radius 3 is 2.77 bits per heavy atom. The van der Waals surface area contributed by atoms with Crippen LogP contribution < -0.4 is 5.32 Å². The van der Waals surface area contributed by atoms with E-state index in [2.05, 4.69) is 15.5 Å². The van der Waals surface area contributed by atoms with Gasteiger partial charge < -0.3 is 5.32 Å². The number of fused-ring (bicyclic) bond motifs is 1. The van der Waals surface area contributed by atoms with Crippen molar-refractivity contribution in [2.45, 2.75) is 26.6 Å². The summed E-state index contributed by atoms with van der Waals surface area (Å²) in [7, 11) is 1.43. The minimum atomic E-state index is -4.55. The summed E-state index contributed by atoms with van der Waals surface area (Å²) in [5.41, 5.74) is 0.0627. The Hall–Kier alpha value is -2.36. The minimum Gasteiger partial charge on any atom is -0.351 e.